The molecule has 3 aromatic rings. The molecule has 1 fully saturated rings. The minimum atomic E-state index is -0.476. The first kappa shape index (κ1) is 20.9. The lowest BCUT2D eigenvalue weighted by atomic mass is 10.1. The van der Waals surface area contributed by atoms with E-state index in [4.69, 9.17) is 4.74 Å². The van der Waals surface area contributed by atoms with Gasteiger partial charge in [0.1, 0.15) is 18.1 Å². The third-order valence-electron chi connectivity index (χ3n) is 5.14. The van der Waals surface area contributed by atoms with Crippen LogP contribution in [0.2, 0.25) is 0 Å². The quantitative estimate of drug-likeness (QED) is 0.550. The van der Waals surface area contributed by atoms with Crippen LogP contribution in [0.25, 0.3) is 0 Å². The average molecular weight is 438 g/mol. The number of nitrogens with one attached hydrogen (secondary N) is 2. The number of anilines is 1. The van der Waals surface area contributed by atoms with Crippen LogP contribution in [0.15, 0.2) is 60.0 Å². The van der Waals surface area contributed by atoms with Gasteiger partial charge in [0.25, 0.3) is 5.91 Å². The first-order chi connectivity index (χ1) is 15.1. The second kappa shape index (κ2) is 9.65. The minimum Gasteiger partial charge on any atom is -0.497 e. The largest absolute Gasteiger partial charge is 0.497 e. The van der Waals surface area contributed by atoms with E-state index in [-0.39, 0.29) is 11.8 Å². The Morgan fingerprint density at radius 2 is 1.97 bits per heavy atom. The Kier molecular flexibility index (Phi) is 6.51. The van der Waals surface area contributed by atoms with E-state index in [1.54, 1.807) is 48.0 Å². The fourth-order valence-corrected chi connectivity index (χ4v) is 4.24. The fraction of sp³-hybridized carbons (Fsp3) is 0.273. The zero-order valence-corrected chi connectivity index (χ0v) is 17.9. The van der Waals surface area contributed by atoms with Gasteiger partial charge < -0.3 is 15.0 Å². The van der Waals surface area contributed by atoms with Crippen molar-refractivity contribution in [3.8, 4) is 5.75 Å². The van der Waals surface area contributed by atoms with Gasteiger partial charge >= 0.3 is 0 Å². The Labute approximate surface area is 184 Å². The monoisotopic (exact) mass is 437 g/mol. The van der Waals surface area contributed by atoms with Crippen molar-refractivity contribution in [2.24, 2.45) is 0 Å². The Hall–Kier alpha value is -3.33. The number of thioether (sulfide) groups is 1. The van der Waals surface area contributed by atoms with Crippen LogP contribution < -0.4 is 10.1 Å². The Balaban J connectivity index is 1.37. The number of likely N-dealkylation sites (tertiary alicyclic amines) is 1. The van der Waals surface area contributed by atoms with Crippen molar-refractivity contribution in [3.05, 3.63) is 66.0 Å². The SMILES string of the molecule is COc1ccc(NC(=O)C2CCCN2C(=O)c2ccc(CSc3ncn[nH]3)cc2)cc1. The summed E-state index contributed by atoms with van der Waals surface area (Å²) in [5.74, 6) is 1.15. The van der Waals surface area contributed by atoms with E-state index in [2.05, 4.69) is 20.5 Å². The molecule has 0 saturated carbocycles. The molecule has 0 radical (unpaired) electrons. The molecule has 31 heavy (non-hydrogen) atoms. The highest BCUT2D eigenvalue weighted by molar-refractivity contribution is 7.98. The molecule has 1 saturated heterocycles. The fourth-order valence-electron chi connectivity index (χ4n) is 3.51. The molecule has 0 aliphatic carbocycles. The topological polar surface area (TPSA) is 100 Å². The van der Waals surface area contributed by atoms with Crippen LogP contribution in [0, 0.1) is 0 Å². The van der Waals surface area contributed by atoms with Gasteiger partial charge in [0.2, 0.25) is 5.91 Å². The van der Waals surface area contributed by atoms with Crippen LogP contribution in [-0.4, -0.2) is 51.6 Å². The molecule has 1 aromatic heterocycles. The number of methoxy groups -OCH3 is 1. The molecule has 2 heterocycles. The Morgan fingerprint density at radius 1 is 1.19 bits per heavy atom. The second-order valence-electron chi connectivity index (χ2n) is 7.15. The lowest BCUT2D eigenvalue weighted by molar-refractivity contribution is -0.119. The molecule has 1 aliphatic heterocycles. The van der Waals surface area contributed by atoms with Gasteiger partial charge in [-0.15, -0.1) is 0 Å². The van der Waals surface area contributed by atoms with E-state index in [0.717, 1.165) is 28.6 Å². The van der Waals surface area contributed by atoms with Crippen LogP contribution in [0.4, 0.5) is 5.69 Å². The first-order valence-corrected chi connectivity index (χ1v) is 11.0. The molecule has 0 spiro atoms. The maximum atomic E-state index is 13.1. The van der Waals surface area contributed by atoms with Gasteiger partial charge in [0, 0.05) is 23.5 Å². The van der Waals surface area contributed by atoms with Crippen molar-refractivity contribution in [3.63, 3.8) is 0 Å². The van der Waals surface area contributed by atoms with Gasteiger partial charge in [-0.05, 0) is 54.8 Å². The summed E-state index contributed by atoms with van der Waals surface area (Å²) in [6.07, 6.45) is 2.93. The van der Waals surface area contributed by atoms with Crippen LogP contribution in [-0.2, 0) is 10.5 Å². The highest BCUT2D eigenvalue weighted by Gasteiger charge is 2.34. The van der Waals surface area contributed by atoms with Crippen molar-refractivity contribution in [2.75, 3.05) is 19.0 Å². The Morgan fingerprint density at radius 3 is 2.65 bits per heavy atom. The number of ether oxygens (including phenoxy) is 1. The second-order valence-corrected chi connectivity index (χ2v) is 8.11. The molecule has 2 aromatic carbocycles. The van der Waals surface area contributed by atoms with Crippen molar-refractivity contribution >= 4 is 29.3 Å². The number of hydrogen-bond donors (Lipinski definition) is 2. The lowest BCUT2D eigenvalue weighted by Crippen LogP contribution is -2.43. The first-order valence-electron chi connectivity index (χ1n) is 9.97. The van der Waals surface area contributed by atoms with E-state index in [0.29, 0.717) is 24.2 Å². The number of carbonyl (C=O) groups excluding carboxylic acids is 2. The predicted octanol–water partition coefficient (Wildman–Crippen LogP) is 3.35. The average Bonchev–Trinajstić information content (AvgIpc) is 3.50. The number of rotatable bonds is 7. The van der Waals surface area contributed by atoms with E-state index in [9.17, 15) is 9.59 Å². The number of nitrogens with zero attached hydrogens (tertiary/aromatic N) is 3. The third-order valence-corrected chi connectivity index (χ3v) is 6.09. The summed E-state index contributed by atoms with van der Waals surface area (Å²) in [6, 6.07) is 14.2. The van der Waals surface area contributed by atoms with Crippen molar-refractivity contribution in [2.45, 2.75) is 29.8 Å². The summed E-state index contributed by atoms with van der Waals surface area (Å²) in [5.41, 5.74) is 2.34. The van der Waals surface area contributed by atoms with Crippen molar-refractivity contribution in [1.82, 2.24) is 20.1 Å². The molecule has 9 heteroatoms. The zero-order valence-electron chi connectivity index (χ0n) is 17.1. The van der Waals surface area contributed by atoms with E-state index >= 15 is 0 Å². The molecule has 2 amide bonds. The standard InChI is InChI=1S/C22H23N5O3S/c1-30-18-10-8-17(9-11-18)25-20(28)19-3-2-12-27(19)21(29)16-6-4-15(5-7-16)13-31-22-23-14-24-26-22/h4-11,14,19H,2-3,12-13H2,1H3,(H,25,28)(H,23,24,26). The molecule has 0 bridgehead atoms. The van der Waals surface area contributed by atoms with Crippen LogP contribution >= 0.6 is 11.8 Å². The highest BCUT2D eigenvalue weighted by Crippen LogP contribution is 2.24. The Bertz CT molecular complexity index is 1020. The van der Waals surface area contributed by atoms with Gasteiger partial charge in [0.05, 0.1) is 7.11 Å². The summed E-state index contributed by atoms with van der Waals surface area (Å²) in [5, 5.41) is 10.3. The van der Waals surface area contributed by atoms with Crippen LogP contribution in [0.3, 0.4) is 0 Å². The normalized spacial score (nSPS) is 15.6. The van der Waals surface area contributed by atoms with E-state index in [1.165, 1.54) is 6.33 Å². The molecule has 1 atom stereocenters. The summed E-state index contributed by atoms with van der Waals surface area (Å²) in [4.78, 5) is 31.6. The smallest absolute Gasteiger partial charge is 0.254 e. The zero-order chi connectivity index (χ0) is 21.6. The molecule has 160 valence electrons. The summed E-state index contributed by atoms with van der Waals surface area (Å²) in [7, 11) is 1.59. The predicted molar refractivity (Wildman–Crippen MR) is 118 cm³/mol. The van der Waals surface area contributed by atoms with Crippen molar-refractivity contribution < 1.29 is 14.3 Å². The molecular formula is C22H23N5O3S. The number of H-pyrrole nitrogens is 1. The number of carbonyl (C=O) groups is 2. The number of amides is 2. The molecule has 1 aliphatic rings. The maximum absolute atomic E-state index is 13.1. The van der Waals surface area contributed by atoms with Gasteiger partial charge in [-0.25, -0.2) is 4.98 Å². The van der Waals surface area contributed by atoms with Crippen LogP contribution in [0.1, 0.15) is 28.8 Å². The molecule has 1 unspecified atom stereocenters. The minimum absolute atomic E-state index is 0.123. The third kappa shape index (κ3) is 5.05. The van der Waals surface area contributed by atoms with Crippen molar-refractivity contribution in [1.29, 1.82) is 0 Å². The molecule has 4 rings (SSSR count). The summed E-state index contributed by atoms with van der Waals surface area (Å²) in [6.45, 7) is 0.572. The van der Waals surface area contributed by atoms with Crippen LogP contribution in [0.5, 0.6) is 5.75 Å². The summed E-state index contributed by atoms with van der Waals surface area (Å²) >= 11 is 1.54. The van der Waals surface area contributed by atoms with E-state index < -0.39 is 6.04 Å². The molecule has 2 N–H and O–H groups in total. The van der Waals surface area contributed by atoms with Gasteiger partial charge in [-0.3, -0.25) is 14.7 Å². The van der Waals surface area contributed by atoms with E-state index in [1.807, 2.05) is 24.3 Å². The number of aromatic amines is 1. The summed E-state index contributed by atoms with van der Waals surface area (Å²) < 4.78 is 5.14. The number of hydrogen-bond acceptors (Lipinski definition) is 6. The lowest BCUT2D eigenvalue weighted by Gasteiger charge is -2.24. The molecular weight excluding hydrogens is 414 g/mol. The van der Waals surface area contributed by atoms with Gasteiger partial charge in [0.15, 0.2) is 5.16 Å². The maximum Gasteiger partial charge on any atom is 0.254 e. The number of benzene rings is 2. The number of aromatic nitrogens is 3. The highest BCUT2D eigenvalue weighted by atomic mass is 32.2. The van der Waals surface area contributed by atoms with Gasteiger partial charge in [-0.2, -0.15) is 5.10 Å². The molecule has 8 nitrogen and oxygen atoms in total. The van der Waals surface area contributed by atoms with Gasteiger partial charge in [-0.1, -0.05) is 23.9 Å².